The first-order chi connectivity index (χ1) is 10.3. The van der Waals surface area contributed by atoms with Crippen LogP contribution in [0.15, 0.2) is 16.6 Å². The molecule has 22 heavy (non-hydrogen) atoms. The molecule has 0 radical (unpaired) electrons. The van der Waals surface area contributed by atoms with Crippen molar-refractivity contribution in [1.82, 2.24) is 0 Å². The molecule has 1 fully saturated rings. The van der Waals surface area contributed by atoms with Crippen LogP contribution >= 0.6 is 12.2 Å². The fraction of sp³-hybridized carbons (Fsp3) is 0.833. The topological polar surface area (TPSA) is 30.8 Å². The highest BCUT2D eigenvalue weighted by Gasteiger charge is 2.54. The number of isothiocyanates is 1. The first-order valence-corrected chi connectivity index (χ1v) is 8.60. The van der Waals surface area contributed by atoms with Crippen molar-refractivity contribution in [3.63, 3.8) is 0 Å². The first kappa shape index (κ1) is 17.8. The largest absolute Gasteiger partial charge is 0.374 e. The van der Waals surface area contributed by atoms with Gasteiger partial charge < -0.3 is 9.47 Å². The van der Waals surface area contributed by atoms with Gasteiger partial charge >= 0.3 is 0 Å². The summed E-state index contributed by atoms with van der Waals surface area (Å²) in [4.78, 5) is 4.56. The maximum Gasteiger partial charge on any atom is 0.0916 e. The maximum absolute atomic E-state index is 6.11. The normalized spacial score (nSPS) is 41.6. The minimum atomic E-state index is -0.221. The lowest BCUT2D eigenvalue weighted by Gasteiger charge is -2.54. The average molecular weight is 324 g/mol. The number of aliphatic imine (C=N–C) groups is 1. The van der Waals surface area contributed by atoms with Crippen molar-refractivity contribution < 1.29 is 9.47 Å². The van der Waals surface area contributed by atoms with Crippen molar-refractivity contribution in [1.29, 1.82) is 0 Å². The first-order valence-electron chi connectivity index (χ1n) is 8.19. The zero-order valence-corrected chi connectivity index (χ0v) is 15.5. The molecule has 0 heterocycles. The molecule has 124 valence electrons. The fourth-order valence-electron chi connectivity index (χ4n) is 4.39. The summed E-state index contributed by atoms with van der Waals surface area (Å²) in [6.07, 6.45) is 6.29. The molecule has 0 amide bonds. The standard InChI is InChI=1S/C18H29NO2S/c1-13(2)18(21-6)10-9-17(4,19-12-22)14-7-8-16(3,20-5)11-15(14)18/h11,13-14H,7-10H2,1-6H3/t14-,16+,17+,18+/m1/s1. The summed E-state index contributed by atoms with van der Waals surface area (Å²) in [6, 6.07) is 0. The van der Waals surface area contributed by atoms with E-state index in [0.29, 0.717) is 11.8 Å². The molecule has 0 aromatic heterocycles. The third-order valence-electron chi connectivity index (χ3n) is 6.07. The Balaban J connectivity index is 2.59. The van der Waals surface area contributed by atoms with Crippen molar-refractivity contribution in [2.45, 2.75) is 70.1 Å². The molecule has 2 aliphatic carbocycles. The molecule has 0 bridgehead atoms. The van der Waals surface area contributed by atoms with Crippen LogP contribution in [-0.4, -0.2) is 36.1 Å². The van der Waals surface area contributed by atoms with E-state index in [-0.39, 0.29) is 16.7 Å². The van der Waals surface area contributed by atoms with E-state index in [1.54, 1.807) is 7.11 Å². The number of fused-ring (bicyclic) bond motifs is 1. The highest BCUT2D eigenvalue weighted by molar-refractivity contribution is 7.78. The molecule has 3 nitrogen and oxygen atoms in total. The molecule has 0 aromatic rings. The predicted octanol–water partition coefficient (Wildman–Crippen LogP) is 4.42. The summed E-state index contributed by atoms with van der Waals surface area (Å²) in [5.41, 5.74) is 0.744. The summed E-state index contributed by atoms with van der Waals surface area (Å²) in [7, 11) is 3.63. The SMILES string of the molecule is CO[C@]1(C)C=C2[C@@H](CC1)[C@@](C)(N=C=S)CC[C@]2(OC)C(C)C. The van der Waals surface area contributed by atoms with E-state index in [2.05, 4.69) is 43.9 Å². The van der Waals surface area contributed by atoms with Gasteiger partial charge in [-0.05, 0) is 63.2 Å². The Morgan fingerprint density at radius 1 is 1.23 bits per heavy atom. The Kier molecular flexibility index (Phi) is 4.99. The van der Waals surface area contributed by atoms with Gasteiger partial charge in [0.1, 0.15) is 0 Å². The van der Waals surface area contributed by atoms with Crippen LogP contribution in [0, 0.1) is 11.8 Å². The second kappa shape index (κ2) is 6.16. The number of nitrogens with zero attached hydrogens (tertiary/aromatic N) is 1. The Labute approximate surface area is 140 Å². The van der Waals surface area contributed by atoms with Crippen LogP contribution in [0.1, 0.15) is 53.4 Å². The number of methoxy groups -OCH3 is 2. The number of ether oxygens (including phenoxy) is 2. The number of hydrogen-bond acceptors (Lipinski definition) is 4. The van der Waals surface area contributed by atoms with Gasteiger partial charge in [-0.1, -0.05) is 19.9 Å². The van der Waals surface area contributed by atoms with Gasteiger partial charge in [-0.25, -0.2) is 4.99 Å². The molecule has 0 saturated heterocycles. The molecule has 0 spiro atoms. The van der Waals surface area contributed by atoms with Gasteiger partial charge in [0.25, 0.3) is 0 Å². The number of thiocarbonyl (C=S) groups is 1. The van der Waals surface area contributed by atoms with Crippen LogP contribution in [0.3, 0.4) is 0 Å². The Morgan fingerprint density at radius 3 is 2.41 bits per heavy atom. The highest BCUT2D eigenvalue weighted by atomic mass is 32.1. The molecule has 0 unspecified atom stereocenters. The van der Waals surface area contributed by atoms with E-state index in [1.807, 2.05) is 7.11 Å². The van der Waals surface area contributed by atoms with Gasteiger partial charge in [0.2, 0.25) is 0 Å². The minimum Gasteiger partial charge on any atom is -0.374 e. The average Bonchev–Trinajstić information content (AvgIpc) is 2.48. The van der Waals surface area contributed by atoms with Gasteiger partial charge in [0, 0.05) is 20.1 Å². The molecule has 0 aliphatic heterocycles. The van der Waals surface area contributed by atoms with E-state index >= 15 is 0 Å². The zero-order valence-electron chi connectivity index (χ0n) is 14.7. The van der Waals surface area contributed by atoms with Gasteiger partial charge in [-0.15, -0.1) is 0 Å². The highest BCUT2D eigenvalue weighted by Crippen LogP contribution is 2.54. The number of rotatable bonds is 4. The molecule has 2 aliphatic rings. The van der Waals surface area contributed by atoms with Crippen molar-refractivity contribution in [2.24, 2.45) is 16.8 Å². The van der Waals surface area contributed by atoms with Crippen molar-refractivity contribution in [3.05, 3.63) is 11.6 Å². The molecule has 2 rings (SSSR count). The Hall–Kier alpha value is -0.540. The molecular formula is C18H29NO2S. The molecule has 0 N–H and O–H groups in total. The maximum atomic E-state index is 6.11. The Morgan fingerprint density at radius 2 is 1.91 bits per heavy atom. The lowest BCUT2D eigenvalue weighted by Crippen LogP contribution is -2.55. The summed E-state index contributed by atoms with van der Waals surface area (Å²) in [5.74, 6) is 0.758. The zero-order chi connectivity index (χ0) is 16.6. The van der Waals surface area contributed by atoms with E-state index in [4.69, 9.17) is 21.7 Å². The van der Waals surface area contributed by atoms with Crippen molar-refractivity contribution in [2.75, 3.05) is 14.2 Å². The van der Waals surface area contributed by atoms with Gasteiger partial charge in [0.05, 0.1) is 21.9 Å². The number of hydrogen-bond donors (Lipinski definition) is 0. The monoisotopic (exact) mass is 323 g/mol. The van der Waals surface area contributed by atoms with Crippen LogP contribution < -0.4 is 0 Å². The molecule has 0 aromatic carbocycles. The lowest BCUT2D eigenvalue weighted by atomic mass is 9.57. The predicted molar refractivity (Wildman–Crippen MR) is 93.5 cm³/mol. The summed E-state index contributed by atoms with van der Waals surface area (Å²) < 4.78 is 11.9. The molecule has 1 saturated carbocycles. The molecule has 4 heteroatoms. The summed E-state index contributed by atoms with van der Waals surface area (Å²) >= 11 is 4.91. The fourth-order valence-corrected chi connectivity index (χ4v) is 4.59. The van der Waals surface area contributed by atoms with Crippen LogP contribution in [0.4, 0.5) is 0 Å². The smallest absolute Gasteiger partial charge is 0.0916 e. The van der Waals surface area contributed by atoms with Gasteiger partial charge in [-0.2, -0.15) is 0 Å². The van der Waals surface area contributed by atoms with Crippen molar-refractivity contribution in [3.8, 4) is 0 Å². The van der Waals surface area contributed by atoms with Gasteiger partial charge in [0.15, 0.2) is 0 Å². The second-order valence-corrected chi connectivity index (χ2v) is 7.70. The molecule has 4 atom stereocenters. The van der Waals surface area contributed by atoms with Crippen LogP contribution in [0.5, 0.6) is 0 Å². The van der Waals surface area contributed by atoms with Crippen LogP contribution in [0.2, 0.25) is 0 Å². The summed E-state index contributed by atoms with van der Waals surface area (Å²) in [5, 5.41) is 2.63. The van der Waals surface area contributed by atoms with E-state index in [1.165, 1.54) is 5.57 Å². The second-order valence-electron chi connectivity index (χ2n) is 7.52. The van der Waals surface area contributed by atoms with Crippen LogP contribution in [-0.2, 0) is 9.47 Å². The van der Waals surface area contributed by atoms with E-state index in [0.717, 1.165) is 25.7 Å². The lowest BCUT2D eigenvalue weighted by molar-refractivity contribution is -0.0692. The third kappa shape index (κ3) is 2.71. The molecular weight excluding hydrogens is 294 g/mol. The van der Waals surface area contributed by atoms with Gasteiger partial charge in [-0.3, -0.25) is 0 Å². The third-order valence-corrected chi connectivity index (χ3v) is 6.16. The van der Waals surface area contributed by atoms with Crippen LogP contribution in [0.25, 0.3) is 0 Å². The van der Waals surface area contributed by atoms with E-state index < -0.39 is 0 Å². The quantitative estimate of drug-likeness (QED) is 0.436. The van der Waals surface area contributed by atoms with E-state index in [9.17, 15) is 0 Å². The minimum absolute atomic E-state index is 0.167. The van der Waals surface area contributed by atoms with Crippen molar-refractivity contribution >= 4 is 17.4 Å². The Bertz CT molecular complexity index is 511. The summed E-state index contributed by atoms with van der Waals surface area (Å²) in [6.45, 7) is 8.85.